The Morgan fingerprint density at radius 1 is 0.971 bits per heavy atom. The van der Waals surface area contributed by atoms with Gasteiger partial charge >= 0.3 is 12.1 Å². The maximum absolute atomic E-state index is 13.4. The topological polar surface area (TPSA) is 113 Å². The molecule has 0 aromatic heterocycles. The quantitative estimate of drug-likeness (QED) is 0.606. The molecule has 2 aromatic rings. The van der Waals surface area contributed by atoms with Crippen LogP contribution in [0.1, 0.15) is 31.4 Å². The summed E-state index contributed by atoms with van der Waals surface area (Å²) in [5.41, 5.74) is 2.62. The number of nitrogens with zero attached hydrogens (tertiary/aromatic N) is 1. The molecule has 8 nitrogen and oxygen atoms in total. The maximum Gasteiger partial charge on any atom is 0.419 e. The van der Waals surface area contributed by atoms with E-state index in [-0.39, 0.29) is 0 Å². The highest BCUT2D eigenvalue weighted by atomic mass is 19.1. The molecule has 0 saturated heterocycles. The zero-order valence-corrected chi connectivity index (χ0v) is 18.7. The number of carbonyl (C=O) groups excluding carboxylic acids is 3. The number of ketones is 1. The first-order chi connectivity index (χ1) is 16.2. The molecule has 1 unspecified atom stereocenters. The lowest BCUT2D eigenvalue weighted by Crippen LogP contribution is -2.50. The van der Waals surface area contributed by atoms with Crippen molar-refractivity contribution in [3.63, 3.8) is 0 Å². The van der Waals surface area contributed by atoms with Crippen LogP contribution in [0.5, 0.6) is 0 Å². The van der Waals surface area contributed by atoms with Gasteiger partial charge in [0.25, 0.3) is 5.91 Å². The number of para-hydroxylation sites is 2. The molecule has 2 amide bonds. The van der Waals surface area contributed by atoms with Crippen molar-refractivity contribution < 1.29 is 33.4 Å². The molecule has 1 heterocycles. The van der Waals surface area contributed by atoms with Crippen LogP contribution in [0.4, 0.5) is 20.6 Å². The van der Waals surface area contributed by atoms with Crippen LogP contribution >= 0.6 is 0 Å². The van der Waals surface area contributed by atoms with Crippen LogP contribution in [0.2, 0.25) is 0 Å². The number of rotatable bonds is 8. The van der Waals surface area contributed by atoms with E-state index in [9.17, 15) is 23.6 Å². The Labute approximate surface area is 196 Å². The van der Waals surface area contributed by atoms with Crippen molar-refractivity contribution in [1.82, 2.24) is 5.32 Å². The van der Waals surface area contributed by atoms with Gasteiger partial charge in [-0.05, 0) is 29.2 Å². The lowest BCUT2D eigenvalue weighted by molar-refractivity contribution is -0.141. The van der Waals surface area contributed by atoms with Crippen LogP contribution < -0.4 is 10.2 Å². The van der Waals surface area contributed by atoms with Crippen molar-refractivity contribution >= 4 is 47.3 Å². The molecule has 34 heavy (non-hydrogen) atoms. The second-order valence-corrected chi connectivity index (χ2v) is 8.09. The summed E-state index contributed by atoms with van der Waals surface area (Å²) in [6.07, 6.45) is 0.766. The standard InChI is InChI=1S/C25H25FN2O6/c1-15(2)23(24(32)27-18(13-22(30)31)21(29)14-26)34-25(33)28-19-9-5-3-7-16(19)11-12-17-8-4-6-10-20(17)28/h3-12,15,18,23H,13-14H2,1-2H3,(H,27,32)(H,30,31)/t18?,23-/m0/s1. The summed E-state index contributed by atoms with van der Waals surface area (Å²) in [5.74, 6) is -3.86. The third kappa shape index (κ3) is 5.48. The van der Waals surface area contributed by atoms with Crippen molar-refractivity contribution in [2.75, 3.05) is 11.6 Å². The zero-order valence-electron chi connectivity index (χ0n) is 18.7. The van der Waals surface area contributed by atoms with E-state index >= 15 is 0 Å². The predicted octanol–water partition coefficient (Wildman–Crippen LogP) is 3.97. The first-order valence-electron chi connectivity index (χ1n) is 10.7. The number of fused-ring (bicyclic) bond motifs is 2. The number of alkyl halides is 1. The molecular formula is C25H25FN2O6. The number of carboxylic acid groups (broad SMARTS) is 1. The van der Waals surface area contributed by atoms with Crippen molar-refractivity contribution in [2.24, 2.45) is 5.92 Å². The Kier molecular flexibility index (Phi) is 7.78. The number of nitrogens with one attached hydrogen (secondary N) is 1. The number of amides is 2. The van der Waals surface area contributed by atoms with Gasteiger partial charge in [0.15, 0.2) is 11.9 Å². The summed E-state index contributed by atoms with van der Waals surface area (Å²) in [6.45, 7) is 1.83. The SMILES string of the molecule is CC(C)[C@H](OC(=O)N1c2ccccc2C=Cc2ccccc21)C(=O)NC(CC(=O)O)C(=O)CF. The molecule has 0 spiro atoms. The van der Waals surface area contributed by atoms with Crippen LogP contribution in [0.3, 0.4) is 0 Å². The molecule has 0 aliphatic carbocycles. The van der Waals surface area contributed by atoms with Gasteiger partial charge in [-0.2, -0.15) is 0 Å². The fraction of sp³-hybridized carbons (Fsp3) is 0.280. The molecule has 0 fully saturated rings. The third-order valence-electron chi connectivity index (χ3n) is 5.29. The van der Waals surface area contributed by atoms with Gasteiger partial charge in [0.2, 0.25) is 0 Å². The van der Waals surface area contributed by atoms with Crippen LogP contribution in [-0.4, -0.2) is 47.7 Å². The van der Waals surface area contributed by atoms with E-state index in [1.54, 1.807) is 38.1 Å². The lowest BCUT2D eigenvalue weighted by atomic mass is 10.0. The fourth-order valence-electron chi connectivity index (χ4n) is 3.59. The largest absolute Gasteiger partial charge is 0.481 e. The second-order valence-electron chi connectivity index (χ2n) is 8.09. The summed E-state index contributed by atoms with van der Waals surface area (Å²) in [4.78, 5) is 50.5. The van der Waals surface area contributed by atoms with E-state index in [0.29, 0.717) is 11.4 Å². The molecule has 2 atom stereocenters. The third-order valence-corrected chi connectivity index (χ3v) is 5.29. The van der Waals surface area contributed by atoms with Gasteiger partial charge in [-0.25, -0.2) is 14.1 Å². The summed E-state index contributed by atoms with van der Waals surface area (Å²) < 4.78 is 18.5. The highest BCUT2D eigenvalue weighted by Crippen LogP contribution is 2.37. The van der Waals surface area contributed by atoms with Gasteiger partial charge in [0.05, 0.1) is 17.8 Å². The Hall–Kier alpha value is -4.01. The molecule has 2 N–H and O–H groups in total. The van der Waals surface area contributed by atoms with Gasteiger partial charge in [0, 0.05) is 0 Å². The molecular weight excluding hydrogens is 443 g/mol. The van der Waals surface area contributed by atoms with Crippen molar-refractivity contribution in [3.8, 4) is 0 Å². The molecule has 0 bridgehead atoms. The van der Waals surface area contributed by atoms with Gasteiger partial charge < -0.3 is 15.2 Å². The number of anilines is 2. The Morgan fingerprint density at radius 3 is 1.97 bits per heavy atom. The zero-order chi connectivity index (χ0) is 24.8. The number of carbonyl (C=O) groups is 4. The number of carboxylic acids is 1. The van der Waals surface area contributed by atoms with E-state index in [4.69, 9.17) is 9.84 Å². The van der Waals surface area contributed by atoms with Gasteiger partial charge in [-0.3, -0.25) is 14.4 Å². The van der Waals surface area contributed by atoms with Crippen LogP contribution in [0.25, 0.3) is 12.2 Å². The van der Waals surface area contributed by atoms with Crippen molar-refractivity contribution in [1.29, 1.82) is 0 Å². The van der Waals surface area contributed by atoms with Crippen molar-refractivity contribution in [3.05, 3.63) is 59.7 Å². The summed E-state index contributed by atoms with van der Waals surface area (Å²) in [7, 11) is 0. The summed E-state index contributed by atoms with van der Waals surface area (Å²) in [5, 5.41) is 11.2. The lowest BCUT2D eigenvalue weighted by Gasteiger charge is -2.28. The maximum atomic E-state index is 13.4. The van der Waals surface area contributed by atoms with Crippen LogP contribution in [0.15, 0.2) is 48.5 Å². The smallest absolute Gasteiger partial charge is 0.419 e. The Morgan fingerprint density at radius 2 is 1.50 bits per heavy atom. The number of hydrogen-bond acceptors (Lipinski definition) is 5. The van der Waals surface area contributed by atoms with E-state index in [2.05, 4.69) is 5.32 Å². The molecule has 1 aliphatic heterocycles. The number of hydrogen-bond donors (Lipinski definition) is 2. The molecule has 9 heteroatoms. The minimum atomic E-state index is -1.57. The Bertz CT molecular complexity index is 1080. The average molecular weight is 468 g/mol. The van der Waals surface area contributed by atoms with E-state index in [1.807, 2.05) is 36.4 Å². The minimum absolute atomic E-state index is 0.523. The van der Waals surface area contributed by atoms with Gasteiger partial charge in [-0.1, -0.05) is 62.4 Å². The van der Waals surface area contributed by atoms with Gasteiger partial charge in [0.1, 0.15) is 12.7 Å². The monoisotopic (exact) mass is 468 g/mol. The Balaban J connectivity index is 1.90. The summed E-state index contributed by atoms with van der Waals surface area (Å²) in [6, 6.07) is 12.8. The number of aliphatic carboxylic acids is 1. The first kappa shape index (κ1) is 24.6. The summed E-state index contributed by atoms with van der Waals surface area (Å²) >= 11 is 0. The molecule has 1 aliphatic rings. The minimum Gasteiger partial charge on any atom is -0.481 e. The molecule has 0 radical (unpaired) electrons. The van der Waals surface area contributed by atoms with E-state index < -0.39 is 54.9 Å². The highest BCUT2D eigenvalue weighted by Gasteiger charge is 2.34. The number of benzene rings is 2. The number of Topliss-reactive ketones (excluding diaryl/α,β-unsaturated/α-hetero) is 1. The number of halogens is 1. The average Bonchev–Trinajstić information content (AvgIpc) is 2.97. The first-order valence-corrected chi connectivity index (χ1v) is 10.7. The van der Waals surface area contributed by atoms with Crippen molar-refractivity contribution in [2.45, 2.75) is 32.4 Å². The van der Waals surface area contributed by atoms with Crippen LogP contribution in [0, 0.1) is 5.92 Å². The number of ether oxygens (including phenoxy) is 1. The highest BCUT2D eigenvalue weighted by molar-refractivity contribution is 6.04. The fourth-order valence-corrected chi connectivity index (χ4v) is 3.59. The molecule has 3 rings (SSSR count). The van der Waals surface area contributed by atoms with E-state index in [1.165, 1.54) is 4.90 Å². The molecule has 0 saturated carbocycles. The van der Waals surface area contributed by atoms with E-state index in [0.717, 1.165) is 11.1 Å². The molecule has 2 aromatic carbocycles. The van der Waals surface area contributed by atoms with Gasteiger partial charge in [-0.15, -0.1) is 0 Å². The predicted molar refractivity (Wildman–Crippen MR) is 124 cm³/mol. The normalized spacial score (nSPS) is 13.8. The second kappa shape index (κ2) is 10.7. The molecule has 178 valence electrons. The van der Waals surface area contributed by atoms with Crippen LogP contribution in [-0.2, 0) is 19.1 Å².